The van der Waals surface area contributed by atoms with Crippen molar-refractivity contribution < 1.29 is 14.3 Å². The van der Waals surface area contributed by atoms with Crippen LogP contribution in [0.2, 0.25) is 0 Å². The van der Waals surface area contributed by atoms with E-state index in [4.69, 9.17) is 4.74 Å². The van der Waals surface area contributed by atoms with Crippen molar-refractivity contribution in [2.45, 2.75) is 13.5 Å². The zero-order chi connectivity index (χ0) is 20.8. The number of nitrogens with zero attached hydrogens (tertiary/aromatic N) is 2. The molecule has 2 aromatic carbocycles. The van der Waals surface area contributed by atoms with Crippen LogP contribution in [0.4, 0.5) is 11.4 Å². The lowest BCUT2D eigenvalue weighted by Crippen LogP contribution is -2.32. The highest BCUT2D eigenvalue weighted by Gasteiger charge is 2.14. The summed E-state index contributed by atoms with van der Waals surface area (Å²) in [5, 5.41) is 9.50. The minimum Gasteiger partial charge on any atom is -0.497 e. The number of anilines is 2. The van der Waals surface area contributed by atoms with Crippen molar-refractivity contribution in [3.63, 3.8) is 0 Å². The van der Waals surface area contributed by atoms with E-state index in [0.29, 0.717) is 17.1 Å². The minimum atomic E-state index is -0.569. The smallest absolute Gasteiger partial charge is 0.291 e. The molecule has 0 aliphatic rings. The van der Waals surface area contributed by atoms with Gasteiger partial charge in [0.05, 0.1) is 12.8 Å². The molecule has 0 saturated carbocycles. The van der Waals surface area contributed by atoms with E-state index < -0.39 is 11.5 Å². The van der Waals surface area contributed by atoms with Gasteiger partial charge in [-0.2, -0.15) is 5.10 Å². The van der Waals surface area contributed by atoms with Gasteiger partial charge in [-0.25, -0.2) is 4.68 Å². The lowest BCUT2D eigenvalue weighted by atomic mass is 10.1. The van der Waals surface area contributed by atoms with E-state index in [1.165, 1.54) is 20.1 Å². The first-order valence-corrected chi connectivity index (χ1v) is 8.85. The quantitative estimate of drug-likeness (QED) is 0.671. The summed E-state index contributed by atoms with van der Waals surface area (Å²) in [6.45, 7) is 0.991. The van der Waals surface area contributed by atoms with E-state index in [1.807, 2.05) is 30.3 Å². The molecule has 0 aliphatic heterocycles. The fourth-order valence-corrected chi connectivity index (χ4v) is 2.72. The first kappa shape index (κ1) is 19.8. The number of carbonyl (C=O) groups excluding carboxylic acids is 2. The summed E-state index contributed by atoms with van der Waals surface area (Å²) in [7, 11) is 1.53. The third kappa shape index (κ3) is 5.07. The van der Waals surface area contributed by atoms with Crippen LogP contribution < -0.4 is 20.9 Å². The van der Waals surface area contributed by atoms with Crippen LogP contribution in [-0.2, 0) is 16.1 Å². The predicted molar refractivity (Wildman–Crippen MR) is 110 cm³/mol. The zero-order valence-corrected chi connectivity index (χ0v) is 16.0. The molecule has 0 atom stereocenters. The average molecular weight is 392 g/mol. The number of benzene rings is 2. The molecule has 0 radical (unpaired) electrons. The zero-order valence-electron chi connectivity index (χ0n) is 16.0. The fraction of sp³-hybridized carbons (Fsp3) is 0.143. The molecule has 0 spiro atoms. The Morgan fingerprint density at radius 3 is 2.48 bits per heavy atom. The van der Waals surface area contributed by atoms with Crippen molar-refractivity contribution in [2.75, 3.05) is 17.7 Å². The van der Waals surface area contributed by atoms with Crippen molar-refractivity contribution >= 4 is 23.2 Å². The molecule has 2 N–H and O–H groups in total. The van der Waals surface area contributed by atoms with E-state index in [1.54, 1.807) is 24.3 Å². The third-order valence-corrected chi connectivity index (χ3v) is 4.00. The summed E-state index contributed by atoms with van der Waals surface area (Å²) in [4.78, 5) is 36.6. The maximum atomic E-state index is 12.7. The monoisotopic (exact) mass is 392 g/mol. The van der Waals surface area contributed by atoms with Gasteiger partial charge in [-0.15, -0.1) is 0 Å². The van der Waals surface area contributed by atoms with E-state index in [-0.39, 0.29) is 18.1 Å². The maximum absolute atomic E-state index is 12.7. The largest absolute Gasteiger partial charge is 0.497 e. The summed E-state index contributed by atoms with van der Waals surface area (Å²) >= 11 is 0. The number of aromatic nitrogens is 2. The Kier molecular flexibility index (Phi) is 6.03. The molecule has 2 amide bonds. The highest BCUT2D eigenvalue weighted by atomic mass is 16.5. The van der Waals surface area contributed by atoms with E-state index >= 15 is 0 Å². The lowest BCUT2D eigenvalue weighted by Gasteiger charge is -2.12. The highest BCUT2D eigenvalue weighted by Crippen LogP contribution is 2.18. The summed E-state index contributed by atoms with van der Waals surface area (Å²) in [6.07, 6.45) is 0. The van der Waals surface area contributed by atoms with E-state index in [2.05, 4.69) is 15.7 Å². The summed E-state index contributed by atoms with van der Waals surface area (Å²) in [6, 6.07) is 17.5. The van der Waals surface area contributed by atoms with Gasteiger partial charge < -0.3 is 15.4 Å². The van der Waals surface area contributed by atoms with Crippen LogP contribution in [0.1, 0.15) is 6.92 Å². The number of hydrogen-bond donors (Lipinski definition) is 2. The standard InChI is InChI=1S/C21H20N4O4/c1-14(26)22-19-12-18(15-7-4-3-5-8-15)24-25(21(19)28)13-20(27)23-16-9-6-10-17(11-16)29-2/h3-12H,13H2,1-2H3,(H,22,26)(H,23,27). The number of rotatable bonds is 6. The average Bonchev–Trinajstić information content (AvgIpc) is 2.71. The van der Waals surface area contributed by atoms with Gasteiger partial charge in [0.2, 0.25) is 11.8 Å². The summed E-state index contributed by atoms with van der Waals surface area (Å²) < 4.78 is 6.16. The minimum absolute atomic E-state index is 0.0560. The summed E-state index contributed by atoms with van der Waals surface area (Å²) in [5.74, 6) is -0.233. The van der Waals surface area contributed by atoms with Gasteiger partial charge >= 0.3 is 0 Å². The molecule has 1 heterocycles. The third-order valence-electron chi connectivity index (χ3n) is 4.00. The molecular weight excluding hydrogens is 372 g/mol. The van der Waals surface area contributed by atoms with Gasteiger partial charge in [0.1, 0.15) is 18.0 Å². The number of ether oxygens (including phenoxy) is 1. The molecule has 8 heteroatoms. The number of carbonyl (C=O) groups is 2. The molecule has 0 aliphatic carbocycles. The Balaban J connectivity index is 1.91. The van der Waals surface area contributed by atoms with Crippen molar-refractivity contribution in [1.82, 2.24) is 9.78 Å². The van der Waals surface area contributed by atoms with Gasteiger partial charge in [-0.05, 0) is 18.2 Å². The Bertz CT molecular complexity index is 1090. The van der Waals surface area contributed by atoms with Gasteiger partial charge in [0.15, 0.2) is 0 Å². The number of hydrogen-bond acceptors (Lipinski definition) is 5. The Labute approximate surface area is 167 Å². The molecule has 0 fully saturated rings. The Morgan fingerprint density at radius 1 is 1.03 bits per heavy atom. The Hall–Kier alpha value is -3.94. The first-order valence-electron chi connectivity index (χ1n) is 8.85. The van der Waals surface area contributed by atoms with Crippen LogP contribution in [0.3, 0.4) is 0 Å². The molecule has 8 nitrogen and oxygen atoms in total. The van der Waals surface area contributed by atoms with Gasteiger partial charge in [0, 0.05) is 24.2 Å². The van der Waals surface area contributed by atoms with E-state index in [9.17, 15) is 14.4 Å². The second-order valence-corrected chi connectivity index (χ2v) is 6.23. The molecule has 0 bridgehead atoms. The molecule has 0 unspecified atom stereocenters. The Morgan fingerprint density at radius 2 is 1.79 bits per heavy atom. The normalized spacial score (nSPS) is 10.3. The molecule has 0 saturated heterocycles. The second-order valence-electron chi connectivity index (χ2n) is 6.23. The van der Waals surface area contributed by atoms with Crippen LogP contribution in [0.15, 0.2) is 65.5 Å². The van der Waals surface area contributed by atoms with Crippen LogP contribution in [0.5, 0.6) is 5.75 Å². The van der Waals surface area contributed by atoms with Crippen LogP contribution in [-0.4, -0.2) is 28.7 Å². The number of amides is 2. The van der Waals surface area contributed by atoms with Crippen LogP contribution in [0.25, 0.3) is 11.3 Å². The fourth-order valence-electron chi connectivity index (χ4n) is 2.72. The highest BCUT2D eigenvalue weighted by molar-refractivity contribution is 5.91. The lowest BCUT2D eigenvalue weighted by molar-refractivity contribution is -0.117. The molecular formula is C21H20N4O4. The molecule has 29 heavy (non-hydrogen) atoms. The van der Waals surface area contributed by atoms with Crippen molar-refractivity contribution in [3.05, 3.63) is 71.0 Å². The molecule has 3 aromatic rings. The predicted octanol–water partition coefficient (Wildman–Crippen LogP) is 2.52. The van der Waals surface area contributed by atoms with Gasteiger partial charge in [0.25, 0.3) is 5.56 Å². The van der Waals surface area contributed by atoms with Crippen LogP contribution in [0, 0.1) is 0 Å². The molecule has 3 rings (SSSR count). The van der Waals surface area contributed by atoms with E-state index in [0.717, 1.165) is 10.2 Å². The first-order chi connectivity index (χ1) is 14.0. The topological polar surface area (TPSA) is 102 Å². The maximum Gasteiger partial charge on any atom is 0.291 e. The van der Waals surface area contributed by atoms with Crippen LogP contribution >= 0.6 is 0 Å². The SMILES string of the molecule is COc1cccc(NC(=O)Cn2nc(-c3ccccc3)cc(NC(C)=O)c2=O)c1. The second kappa shape index (κ2) is 8.83. The van der Waals surface area contributed by atoms with Crippen molar-refractivity contribution in [1.29, 1.82) is 0 Å². The van der Waals surface area contributed by atoms with Crippen molar-refractivity contribution in [2.24, 2.45) is 0 Å². The van der Waals surface area contributed by atoms with Gasteiger partial charge in [-0.1, -0.05) is 36.4 Å². The van der Waals surface area contributed by atoms with Gasteiger partial charge in [-0.3, -0.25) is 14.4 Å². The molecule has 1 aromatic heterocycles. The summed E-state index contributed by atoms with van der Waals surface area (Å²) in [5.41, 5.74) is 1.23. The van der Waals surface area contributed by atoms with Crippen molar-refractivity contribution in [3.8, 4) is 17.0 Å². The number of methoxy groups -OCH3 is 1. The molecule has 148 valence electrons. The number of nitrogens with one attached hydrogen (secondary N) is 2.